The molecule has 2 rings (SSSR count). The number of sulfonamides is 1. The first-order valence-electron chi connectivity index (χ1n) is 4.97. The molecule has 0 aliphatic rings. The molecule has 0 atom stereocenters. The summed E-state index contributed by atoms with van der Waals surface area (Å²) in [5, 5.41) is 14.9. The van der Waals surface area contributed by atoms with Gasteiger partial charge in [0.2, 0.25) is 0 Å². The SMILES string of the molecule is Cc1cc(S(=O)(=O)Nc2[nH]ncc2C#N)c(C)s1. The summed E-state index contributed by atoms with van der Waals surface area (Å²) < 4.78 is 26.6. The number of nitriles is 1. The highest BCUT2D eigenvalue weighted by Gasteiger charge is 2.21. The van der Waals surface area contributed by atoms with Gasteiger partial charge in [-0.1, -0.05) is 0 Å². The highest BCUT2D eigenvalue weighted by Crippen LogP contribution is 2.26. The number of H-pyrrole nitrogens is 1. The van der Waals surface area contributed by atoms with Crippen molar-refractivity contribution in [1.29, 1.82) is 5.26 Å². The molecule has 0 fully saturated rings. The molecule has 0 spiro atoms. The second kappa shape index (κ2) is 4.44. The average Bonchev–Trinajstić information content (AvgIpc) is 2.84. The van der Waals surface area contributed by atoms with Gasteiger partial charge in [-0.2, -0.15) is 10.4 Å². The van der Waals surface area contributed by atoms with Crippen LogP contribution in [0.15, 0.2) is 17.2 Å². The quantitative estimate of drug-likeness (QED) is 0.896. The molecule has 0 bridgehead atoms. The van der Waals surface area contributed by atoms with Gasteiger partial charge < -0.3 is 0 Å². The largest absolute Gasteiger partial charge is 0.264 e. The van der Waals surface area contributed by atoms with Crippen molar-refractivity contribution in [3.05, 3.63) is 27.6 Å². The predicted octanol–water partition coefficient (Wildman–Crippen LogP) is 1.76. The number of nitrogens with one attached hydrogen (secondary N) is 2. The van der Waals surface area contributed by atoms with Gasteiger partial charge in [-0.3, -0.25) is 9.82 Å². The molecule has 2 heterocycles. The Morgan fingerprint density at radius 3 is 2.78 bits per heavy atom. The van der Waals surface area contributed by atoms with E-state index in [9.17, 15) is 8.42 Å². The number of hydrogen-bond donors (Lipinski definition) is 2. The van der Waals surface area contributed by atoms with Crippen molar-refractivity contribution in [1.82, 2.24) is 10.2 Å². The van der Waals surface area contributed by atoms with Crippen molar-refractivity contribution < 1.29 is 8.42 Å². The molecular weight excluding hydrogens is 272 g/mol. The van der Waals surface area contributed by atoms with E-state index in [-0.39, 0.29) is 16.3 Å². The van der Waals surface area contributed by atoms with Crippen molar-refractivity contribution >= 4 is 27.2 Å². The van der Waals surface area contributed by atoms with Crippen LogP contribution in [0.4, 0.5) is 5.82 Å². The van der Waals surface area contributed by atoms with E-state index in [2.05, 4.69) is 14.9 Å². The van der Waals surface area contributed by atoms with Crippen LogP contribution in [0.2, 0.25) is 0 Å². The fourth-order valence-corrected chi connectivity index (χ4v) is 4.10. The van der Waals surface area contributed by atoms with Crippen molar-refractivity contribution in [2.75, 3.05) is 4.72 Å². The first-order chi connectivity index (χ1) is 8.44. The van der Waals surface area contributed by atoms with E-state index in [4.69, 9.17) is 5.26 Å². The Labute approximate surface area is 108 Å². The van der Waals surface area contributed by atoms with Crippen molar-refractivity contribution in [3.8, 4) is 6.07 Å². The molecule has 0 saturated carbocycles. The standard InChI is InChI=1S/C10H10N4O2S2/c1-6-3-9(7(2)17-6)18(15,16)14-10-8(4-11)5-12-13-10/h3,5H,1-2H3,(H2,12,13,14). The summed E-state index contributed by atoms with van der Waals surface area (Å²) in [6.45, 7) is 3.58. The number of rotatable bonds is 3. The summed E-state index contributed by atoms with van der Waals surface area (Å²) in [5.41, 5.74) is 0.156. The lowest BCUT2D eigenvalue weighted by Crippen LogP contribution is -2.14. The van der Waals surface area contributed by atoms with E-state index in [0.717, 1.165) is 4.88 Å². The van der Waals surface area contributed by atoms with Crippen LogP contribution in [0.25, 0.3) is 0 Å². The number of hydrogen-bond acceptors (Lipinski definition) is 5. The van der Waals surface area contributed by atoms with Crippen LogP contribution in [-0.2, 0) is 10.0 Å². The monoisotopic (exact) mass is 282 g/mol. The molecule has 0 amide bonds. The Balaban J connectivity index is 2.40. The van der Waals surface area contributed by atoms with Gasteiger partial charge >= 0.3 is 0 Å². The number of aromatic amines is 1. The lowest BCUT2D eigenvalue weighted by molar-refractivity contribution is 0.601. The molecule has 2 N–H and O–H groups in total. The summed E-state index contributed by atoms with van der Waals surface area (Å²) in [6.07, 6.45) is 1.27. The Morgan fingerprint density at radius 1 is 1.50 bits per heavy atom. The third-order valence-corrected chi connectivity index (χ3v) is 4.85. The minimum absolute atomic E-state index is 0.0840. The zero-order valence-corrected chi connectivity index (χ0v) is 11.3. The topological polar surface area (TPSA) is 98.6 Å². The molecule has 8 heteroatoms. The molecule has 0 radical (unpaired) electrons. The molecule has 0 aliphatic carbocycles. The van der Waals surface area contributed by atoms with E-state index in [1.54, 1.807) is 13.0 Å². The Hall–Kier alpha value is -1.85. The maximum absolute atomic E-state index is 12.1. The smallest absolute Gasteiger partial charge is 0.263 e. The zero-order chi connectivity index (χ0) is 13.3. The fourth-order valence-electron chi connectivity index (χ4n) is 1.51. The highest BCUT2D eigenvalue weighted by molar-refractivity contribution is 7.93. The Kier molecular flexibility index (Phi) is 3.11. The summed E-state index contributed by atoms with van der Waals surface area (Å²) in [7, 11) is -3.69. The normalized spacial score (nSPS) is 11.2. The minimum atomic E-state index is -3.69. The molecule has 0 unspecified atom stereocenters. The predicted molar refractivity (Wildman–Crippen MR) is 67.9 cm³/mol. The second-order valence-electron chi connectivity index (χ2n) is 3.65. The van der Waals surface area contributed by atoms with Crippen LogP contribution < -0.4 is 4.72 Å². The Morgan fingerprint density at radius 2 is 2.22 bits per heavy atom. The molecule has 18 heavy (non-hydrogen) atoms. The molecular formula is C10H10N4O2S2. The molecule has 0 aliphatic heterocycles. The third-order valence-electron chi connectivity index (χ3n) is 2.28. The average molecular weight is 282 g/mol. The summed E-state index contributed by atoms with van der Waals surface area (Å²) >= 11 is 1.41. The highest BCUT2D eigenvalue weighted by atomic mass is 32.2. The maximum atomic E-state index is 12.1. The van der Waals surface area contributed by atoms with E-state index < -0.39 is 10.0 Å². The van der Waals surface area contributed by atoms with Gasteiger partial charge in [0.15, 0.2) is 5.82 Å². The molecule has 0 aromatic carbocycles. The number of thiophene rings is 1. The summed E-state index contributed by atoms with van der Waals surface area (Å²) in [6, 6.07) is 3.45. The van der Waals surface area contributed by atoms with Gasteiger partial charge in [0, 0.05) is 9.75 Å². The number of nitrogens with zero attached hydrogens (tertiary/aromatic N) is 2. The van der Waals surface area contributed by atoms with E-state index in [1.165, 1.54) is 17.5 Å². The van der Waals surface area contributed by atoms with Crippen molar-refractivity contribution in [2.24, 2.45) is 0 Å². The lowest BCUT2D eigenvalue weighted by atomic mass is 10.4. The molecule has 2 aromatic heterocycles. The van der Waals surface area contributed by atoms with Crippen LogP contribution in [0, 0.1) is 25.2 Å². The third kappa shape index (κ3) is 2.23. The molecule has 2 aromatic rings. The second-order valence-corrected chi connectivity index (χ2v) is 6.76. The number of aromatic nitrogens is 2. The molecule has 0 saturated heterocycles. The van der Waals surface area contributed by atoms with Crippen molar-refractivity contribution in [2.45, 2.75) is 18.7 Å². The van der Waals surface area contributed by atoms with Crippen LogP contribution in [0.1, 0.15) is 15.3 Å². The first-order valence-corrected chi connectivity index (χ1v) is 7.27. The fraction of sp³-hybridized carbons (Fsp3) is 0.200. The number of aryl methyl sites for hydroxylation is 2. The van der Waals surface area contributed by atoms with Gasteiger partial charge in [0.1, 0.15) is 16.5 Å². The zero-order valence-electron chi connectivity index (χ0n) is 9.68. The van der Waals surface area contributed by atoms with Gasteiger partial charge in [-0.25, -0.2) is 8.42 Å². The van der Waals surface area contributed by atoms with E-state index >= 15 is 0 Å². The van der Waals surface area contributed by atoms with Crippen LogP contribution in [0.5, 0.6) is 0 Å². The van der Waals surface area contributed by atoms with Crippen LogP contribution >= 0.6 is 11.3 Å². The van der Waals surface area contributed by atoms with Gasteiger partial charge in [-0.05, 0) is 19.9 Å². The Bertz CT molecular complexity index is 721. The molecule has 6 nitrogen and oxygen atoms in total. The lowest BCUT2D eigenvalue weighted by Gasteiger charge is -2.05. The minimum Gasteiger partial charge on any atom is -0.263 e. The first kappa shape index (κ1) is 12.6. The van der Waals surface area contributed by atoms with Gasteiger partial charge in [-0.15, -0.1) is 11.3 Å². The van der Waals surface area contributed by atoms with Crippen LogP contribution in [0.3, 0.4) is 0 Å². The molecule has 94 valence electrons. The van der Waals surface area contributed by atoms with Crippen molar-refractivity contribution in [3.63, 3.8) is 0 Å². The van der Waals surface area contributed by atoms with Gasteiger partial charge in [0.05, 0.1) is 6.20 Å². The maximum Gasteiger partial charge on any atom is 0.264 e. The summed E-state index contributed by atoms with van der Waals surface area (Å²) in [5.74, 6) is 0.0840. The van der Waals surface area contributed by atoms with E-state index in [0.29, 0.717) is 4.88 Å². The summed E-state index contributed by atoms with van der Waals surface area (Å²) in [4.78, 5) is 1.85. The number of anilines is 1. The van der Waals surface area contributed by atoms with Gasteiger partial charge in [0.25, 0.3) is 10.0 Å². The van der Waals surface area contributed by atoms with Crippen LogP contribution in [-0.4, -0.2) is 18.6 Å². The van der Waals surface area contributed by atoms with E-state index in [1.807, 2.05) is 13.0 Å².